The Morgan fingerprint density at radius 1 is 0.913 bits per heavy atom. The molecule has 1 fully saturated rings. The van der Waals surface area contributed by atoms with Crippen LogP contribution in [0.4, 0.5) is 5.69 Å². The number of para-hydroxylation sites is 1. The number of anilines is 1. The first-order valence-electron chi connectivity index (χ1n) is 8.12. The summed E-state index contributed by atoms with van der Waals surface area (Å²) in [6.45, 7) is 3.17. The number of hydrogen-bond acceptors (Lipinski definition) is 3. The molecule has 0 unspecified atom stereocenters. The summed E-state index contributed by atoms with van der Waals surface area (Å²) >= 11 is 0. The molecular weight excluding hydrogens is 286 g/mol. The van der Waals surface area contributed by atoms with Gasteiger partial charge in [-0.3, -0.25) is 4.79 Å². The summed E-state index contributed by atoms with van der Waals surface area (Å²) in [6.07, 6.45) is 0.596. The molecule has 0 saturated carbocycles. The smallest absolute Gasteiger partial charge is 0.239 e. The van der Waals surface area contributed by atoms with E-state index in [1.54, 1.807) is 0 Å². The van der Waals surface area contributed by atoms with E-state index in [2.05, 4.69) is 17.0 Å². The Bertz CT molecular complexity index is 622. The van der Waals surface area contributed by atoms with Crippen LogP contribution in [0.15, 0.2) is 60.7 Å². The molecule has 0 spiro atoms. The topological polar surface area (TPSA) is 49.6 Å². The molecule has 2 aromatic rings. The number of hydrogen-bond donors (Lipinski definition) is 1. The van der Waals surface area contributed by atoms with E-state index in [9.17, 15) is 4.79 Å². The first kappa shape index (κ1) is 15.6. The summed E-state index contributed by atoms with van der Waals surface area (Å²) in [6, 6.07) is 19.8. The van der Waals surface area contributed by atoms with Crippen LogP contribution in [0.5, 0.6) is 0 Å². The molecule has 1 heterocycles. The fraction of sp³-hybridized carbons (Fsp3) is 0.316. The van der Waals surface area contributed by atoms with Crippen LogP contribution in [0, 0.1) is 0 Å². The fourth-order valence-electron chi connectivity index (χ4n) is 3.01. The molecule has 4 nitrogen and oxygen atoms in total. The fourth-order valence-corrected chi connectivity index (χ4v) is 3.01. The van der Waals surface area contributed by atoms with Crippen molar-refractivity contribution >= 4 is 11.6 Å². The van der Waals surface area contributed by atoms with Gasteiger partial charge in [0.15, 0.2) is 0 Å². The van der Waals surface area contributed by atoms with Crippen LogP contribution in [-0.2, 0) is 11.2 Å². The van der Waals surface area contributed by atoms with Crippen molar-refractivity contribution in [1.82, 2.24) is 4.90 Å². The Morgan fingerprint density at radius 3 is 2.09 bits per heavy atom. The van der Waals surface area contributed by atoms with Crippen molar-refractivity contribution < 1.29 is 4.79 Å². The second kappa shape index (κ2) is 7.29. The second-order valence-corrected chi connectivity index (χ2v) is 5.94. The Morgan fingerprint density at radius 2 is 1.48 bits per heavy atom. The van der Waals surface area contributed by atoms with Gasteiger partial charge in [-0.05, 0) is 24.1 Å². The summed E-state index contributed by atoms with van der Waals surface area (Å²) in [4.78, 5) is 16.7. The Labute approximate surface area is 137 Å². The van der Waals surface area contributed by atoms with Gasteiger partial charge in [-0.1, -0.05) is 48.5 Å². The van der Waals surface area contributed by atoms with Gasteiger partial charge < -0.3 is 15.5 Å². The first-order chi connectivity index (χ1) is 11.2. The van der Waals surface area contributed by atoms with Crippen molar-refractivity contribution in [3.05, 3.63) is 66.2 Å². The van der Waals surface area contributed by atoms with E-state index in [0.29, 0.717) is 6.42 Å². The molecule has 120 valence electrons. The lowest BCUT2D eigenvalue weighted by Gasteiger charge is -2.37. The van der Waals surface area contributed by atoms with E-state index in [1.165, 1.54) is 5.69 Å². The van der Waals surface area contributed by atoms with E-state index >= 15 is 0 Å². The monoisotopic (exact) mass is 309 g/mol. The molecule has 1 saturated heterocycles. The second-order valence-electron chi connectivity index (χ2n) is 5.94. The molecule has 1 aliphatic rings. The number of piperazine rings is 1. The van der Waals surface area contributed by atoms with Crippen molar-refractivity contribution in [1.29, 1.82) is 0 Å². The molecular formula is C19H23N3O. The highest BCUT2D eigenvalue weighted by molar-refractivity contribution is 5.82. The molecule has 1 atom stereocenters. The molecule has 23 heavy (non-hydrogen) atoms. The summed E-state index contributed by atoms with van der Waals surface area (Å²) in [5.41, 5.74) is 8.44. The Balaban J connectivity index is 1.54. The zero-order chi connectivity index (χ0) is 16.1. The molecule has 0 aromatic heterocycles. The minimum atomic E-state index is -0.458. The maximum absolute atomic E-state index is 12.5. The molecule has 2 N–H and O–H groups in total. The van der Waals surface area contributed by atoms with Crippen LogP contribution < -0.4 is 10.6 Å². The van der Waals surface area contributed by atoms with Gasteiger partial charge in [0.25, 0.3) is 0 Å². The van der Waals surface area contributed by atoms with Crippen LogP contribution in [0.1, 0.15) is 5.56 Å². The number of amides is 1. The van der Waals surface area contributed by atoms with Crippen LogP contribution in [0.2, 0.25) is 0 Å². The Hall–Kier alpha value is -2.33. The minimum Gasteiger partial charge on any atom is -0.368 e. The summed E-state index contributed by atoms with van der Waals surface area (Å²) in [7, 11) is 0. The molecule has 1 aliphatic heterocycles. The van der Waals surface area contributed by atoms with E-state index in [4.69, 9.17) is 5.73 Å². The van der Waals surface area contributed by atoms with E-state index in [1.807, 2.05) is 53.4 Å². The van der Waals surface area contributed by atoms with Crippen LogP contribution in [0.25, 0.3) is 0 Å². The molecule has 0 aliphatic carbocycles. The first-order valence-corrected chi connectivity index (χ1v) is 8.12. The van der Waals surface area contributed by atoms with Crippen molar-refractivity contribution in [3.8, 4) is 0 Å². The summed E-state index contributed by atoms with van der Waals surface area (Å²) in [5, 5.41) is 0. The number of nitrogens with two attached hydrogens (primary N) is 1. The maximum atomic E-state index is 12.5. The van der Waals surface area contributed by atoms with Gasteiger partial charge in [-0.25, -0.2) is 0 Å². The normalized spacial score (nSPS) is 16.2. The van der Waals surface area contributed by atoms with E-state index in [-0.39, 0.29) is 5.91 Å². The lowest BCUT2D eigenvalue weighted by atomic mass is 10.1. The highest BCUT2D eigenvalue weighted by atomic mass is 16.2. The average molecular weight is 309 g/mol. The number of carbonyl (C=O) groups excluding carboxylic acids is 1. The van der Waals surface area contributed by atoms with Gasteiger partial charge in [0.2, 0.25) is 5.91 Å². The third-order valence-electron chi connectivity index (χ3n) is 4.33. The highest BCUT2D eigenvalue weighted by Gasteiger charge is 2.25. The average Bonchev–Trinajstić information content (AvgIpc) is 2.63. The van der Waals surface area contributed by atoms with Gasteiger partial charge in [0.1, 0.15) is 0 Å². The zero-order valence-corrected chi connectivity index (χ0v) is 13.3. The summed E-state index contributed by atoms with van der Waals surface area (Å²) in [5.74, 6) is 0.0570. The molecule has 0 radical (unpaired) electrons. The van der Waals surface area contributed by atoms with Crippen LogP contribution in [0.3, 0.4) is 0 Å². The van der Waals surface area contributed by atoms with Crippen molar-refractivity contribution in [3.63, 3.8) is 0 Å². The molecule has 2 aromatic carbocycles. The van der Waals surface area contributed by atoms with Crippen LogP contribution >= 0.6 is 0 Å². The molecule has 4 heteroatoms. The van der Waals surface area contributed by atoms with Gasteiger partial charge in [0, 0.05) is 31.9 Å². The number of nitrogens with zero attached hydrogens (tertiary/aromatic N) is 2. The lowest BCUT2D eigenvalue weighted by Crippen LogP contribution is -2.53. The molecule has 1 amide bonds. The van der Waals surface area contributed by atoms with Crippen molar-refractivity contribution in [2.24, 2.45) is 5.73 Å². The third-order valence-corrected chi connectivity index (χ3v) is 4.33. The van der Waals surface area contributed by atoms with E-state index in [0.717, 1.165) is 31.7 Å². The predicted molar refractivity (Wildman–Crippen MR) is 93.4 cm³/mol. The SMILES string of the molecule is N[C@@H](Cc1ccccc1)C(=O)N1CCN(c2ccccc2)CC1. The predicted octanol–water partition coefficient (Wildman–Crippen LogP) is 1.91. The molecule has 3 rings (SSSR count). The van der Waals surface area contributed by atoms with E-state index < -0.39 is 6.04 Å². The zero-order valence-electron chi connectivity index (χ0n) is 13.3. The lowest BCUT2D eigenvalue weighted by molar-refractivity contribution is -0.132. The molecule has 0 bridgehead atoms. The van der Waals surface area contributed by atoms with Gasteiger partial charge in [-0.2, -0.15) is 0 Å². The standard InChI is InChI=1S/C19H23N3O/c20-18(15-16-7-3-1-4-8-16)19(23)22-13-11-21(12-14-22)17-9-5-2-6-10-17/h1-10,18H,11-15,20H2/t18-/m0/s1. The number of carbonyl (C=O) groups is 1. The highest BCUT2D eigenvalue weighted by Crippen LogP contribution is 2.16. The van der Waals surface area contributed by atoms with Gasteiger partial charge in [-0.15, -0.1) is 0 Å². The third kappa shape index (κ3) is 3.90. The Kier molecular flexibility index (Phi) is 4.93. The van der Waals surface area contributed by atoms with Crippen molar-refractivity contribution in [2.75, 3.05) is 31.1 Å². The quantitative estimate of drug-likeness (QED) is 0.938. The van der Waals surface area contributed by atoms with Gasteiger partial charge >= 0.3 is 0 Å². The largest absolute Gasteiger partial charge is 0.368 e. The van der Waals surface area contributed by atoms with Crippen LogP contribution in [-0.4, -0.2) is 43.0 Å². The number of rotatable bonds is 4. The maximum Gasteiger partial charge on any atom is 0.239 e. The number of benzene rings is 2. The van der Waals surface area contributed by atoms with Gasteiger partial charge in [0.05, 0.1) is 6.04 Å². The minimum absolute atomic E-state index is 0.0570. The summed E-state index contributed by atoms with van der Waals surface area (Å²) < 4.78 is 0. The van der Waals surface area contributed by atoms with Crippen molar-refractivity contribution in [2.45, 2.75) is 12.5 Å².